The number of thioether (sulfide) groups is 1. The first kappa shape index (κ1) is 14.2. The van der Waals surface area contributed by atoms with Gasteiger partial charge >= 0.3 is 7.12 Å². The van der Waals surface area contributed by atoms with Gasteiger partial charge in [-0.1, -0.05) is 0 Å². The van der Waals surface area contributed by atoms with Gasteiger partial charge in [-0.3, -0.25) is 0 Å². The van der Waals surface area contributed by atoms with Crippen LogP contribution in [-0.4, -0.2) is 42.9 Å². The van der Waals surface area contributed by atoms with Gasteiger partial charge in [0.15, 0.2) is 0 Å². The maximum Gasteiger partial charge on any atom is 0.463 e. The summed E-state index contributed by atoms with van der Waals surface area (Å²) in [7, 11) is -0.0388. The molecule has 1 atom stereocenters. The van der Waals surface area contributed by atoms with Crippen molar-refractivity contribution >= 4 is 18.9 Å². The van der Waals surface area contributed by atoms with Gasteiger partial charge in [-0.2, -0.15) is 11.8 Å². The van der Waals surface area contributed by atoms with Crippen LogP contribution in [0.15, 0.2) is 0 Å². The molecule has 0 aromatic carbocycles. The van der Waals surface area contributed by atoms with Crippen molar-refractivity contribution in [3.8, 4) is 0 Å². The summed E-state index contributed by atoms with van der Waals surface area (Å²) in [6.07, 6.45) is 2.61. The SMILES string of the molecule is CC1(C)OB(C2CNCC23CCSCC3)OC1(C)C. The highest BCUT2D eigenvalue weighted by molar-refractivity contribution is 7.99. The standard InChI is InChI=1S/C14H26BNO2S/c1-12(2)13(3,4)18-15(17-12)11-9-16-10-14(11)5-7-19-8-6-14/h11,16H,5-10H2,1-4H3. The van der Waals surface area contributed by atoms with Crippen molar-refractivity contribution in [2.45, 2.75) is 57.6 Å². The Labute approximate surface area is 121 Å². The quantitative estimate of drug-likeness (QED) is 0.749. The third-order valence-corrected chi connectivity index (χ3v) is 6.70. The molecule has 3 saturated heterocycles. The average molecular weight is 283 g/mol. The molecular weight excluding hydrogens is 257 g/mol. The van der Waals surface area contributed by atoms with Crippen molar-refractivity contribution < 1.29 is 9.31 Å². The summed E-state index contributed by atoms with van der Waals surface area (Å²) < 4.78 is 12.6. The Balaban J connectivity index is 1.79. The van der Waals surface area contributed by atoms with E-state index in [1.54, 1.807) is 0 Å². The highest BCUT2D eigenvalue weighted by Gasteiger charge is 2.59. The molecule has 0 radical (unpaired) electrons. The Bertz CT molecular complexity index is 339. The molecule has 0 amide bonds. The Morgan fingerprint density at radius 3 is 2.21 bits per heavy atom. The van der Waals surface area contributed by atoms with E-state index >= 15 is 0 Å². The normalized spacial score (nSPS) is 36.0. The molecule has 1 spiro atoms. The second-order valence-electron chi connectivity index (χ2n) is 7.34. The lowest BCUT2D eigenvalue weighted by molar-refractivity contribution is 0.00578. The molecule has 1 unspecified atom stereocenters. The lowest BCUT2D eigenvalue weighted by Crippen LogP contribution is -2.41. The summed E-state index contributed by atoms with van der Waals surface area (Å²) in [5, 5.41) is 3.60. The second kappa shape index (κ2) is 4.65. The largest absolute Gasteiger partial charge is 0.463 e. The zero-order valence-electron chi connectivity index (χ0n) is 12.6. The fourth-order valence-electron chi connectivity index (χ4n) is 3.59. The first-order chi connectivity index (χ1) is 8.86. The van der Waals surface area contributed by atoms with Crippen LogP contribution in [0.2, 0.25) is 5.82 Å². The van der Waals surface area contributed by atoms with Crippen LogP contribution in [0.3, 0.4) is 0 Å². The number of nitrogens with one attached hydrogen (secondary N) is 1. The van der Waals surface area contributed by atoms with Crippen LogP contribution in [0.5, 0.6) is 0 Å². The summed E-state index contributed by atoms with van der Waals surface area (Å²) in [5.41, 5.74) is 0.00213. The molecule has 1 N–H and O–H groups in total. The van der Waals surface area contributed by atoms with E-state index in [9.17, 15) is 0 Å². The summed E-state index contributed by atoms with van der Waals surface area (Å²) in [6, 6.07) is 0. The third-order valence-electron chi connectivity index (χ3n) is 5.72. The van der Waals surface area contributed by atoms with E-state index in [-0.39, 0.29) is 18.3 Å². The third kappa shape index (κ3) is 2.27. The lowest BCUT2D eigenvalue weighted by atomic mass is 9.56. The van der Waals surface area contributed by atoms with Gasteiger partial charge in [-0.15, -0.1) is 0 Å². The van der Waals surface area contributed by atoms with Gasteiger partial charge in [-0.25, -0.2) is 0 Å². The molecule has 19 heavy (non-hydrogen) atoms. The minimum atomic E-state index is -0.204. The van der Waals surface area contributed by atoms with Gasteiger partial charge in [0.2, 0.25) is 0 Å². The minimum Gasteiger partial charge on any atom is -0.403 e. The minimum absolute atomic E-state index is 0.0388. The van der Waals surface area contributed by atoms with Crippen molar-refractivity contribution in [3.05, 3.63) is 0 Å². The first-order valence-electron chi connectivity index (χ1n) is 7.51. The Kier molecular flexibility index (Phi) is 3.49. The van der Waals surface area contributed by atoms with Crippen molar-refractivity contribution in [1.82, 2.24) is 5.32 Å². The maximum atomic E-state index is 6.31. The summed E-state index contributed by atoms with van der Waals surface area (Å²) in [5.74, 6) is 3.09. The van der Waals surface area contributed by atoms with Crippen molar-refractivity contribution in [1.29, 1.82) is 0 Å². The highest BCUT2D eigenvalue weighted by atomic mass is 32.2. The second-order valence-corrected chi connectivity index (χ2v) is 8.56. The smallest absolute Gasteiger partial charge is 0.403 e. The molecule has 3 aliphatic rings. The Hall–Kier alpha value is 0.295. The highest BCUT2D eigenvalue weighted by Crippen LogP contribution is 2.52. The van der Waals surface area contributed by atoms with Gasteiger partial charge < -0.3 is 14.6 Å². The van der Waals surface area contributed by atoms with Gasteiger partial charge in [0.1, 0.15) is 0 Å². The molecule has 5 heteroatoms. The van der Waals surface area contributed by atoms with E-state index in [2.05, 4.69) is 44.8 Å². The van der Waals surface area contributed by atoms with Gasteiger partial charge in [0.05, 0.1) is 11.2 Å². The van der Waals surface area contributed by atoms with Crippen LogP contribution >= 0.6 is 11.8 Å². The first-order valence-corrected chi connectivity index (χ1v) is 8.66. The molecule has 0 saturated carbocycles. The van der Waals surface area contributed by atoms with Crippen LogP contribution < -0.4 is 5.32 Å². The van der Waals surface area contributed by atoms with Crippen LogP contribution in [0.25, 0.3) is 0 Å². The van der Waals surface area contributed by atoms with E-state index in [0.717, 1.165) is 13.1 Å². The Morgan fingerprint density at radius 2 is 1.63 bits per heavy atom. The molecule has 3 aliphatic heterocycles. The van der Waals surface area contributed by atoms with E-state index in [1.807, 2.05) is 0 Å². The molecule has 3 rings (SSSR count). The molecular formula is C14H26BNO2S. The fraction of sp³-hybridized carbons (Fsp3) is 1.00. The number of rotatable bonds is 1. The average Bonchev–Trinajstić information content (AvgIpc) is 2.80. The van der Waals surface area contributed by atoms with E-state index < -0.39 is 0 Å². The summed E-state index contributed by atoms with van der Waals surface area (Å²) in [4.78, 5) is 0. The number of hydrogen-bond acceptors (Lipinski definition) is 4. The zero-order valence-corrected chi connectivity index (χ0v) is 13.4. The molecule has 3 nitrogen and oxygen atoms in total. The predicted octanol–water partition coefficient (Wildman–Crippen LogP) is 2.57. The molecule has 0 aliphatic carbocycles. The Morgan fingerprint density at radius 1 is 1.05 bits per heavy atom. The predicted molar refractivity (Wildman–Crippen MR) is 81.7 cm³/mol. The van der Waals surface area contributed by atoms with Crippen molar-refractivity contribution in [2.75, 3.05) is 24.6 Å². The van der Waals surface area contributed by atoms with Gasteiger partial charge in [0, 0.05) is 12.4 Å². The van der Waals surface area contributed by atoms with E-state index in [0.29, 0.717) is 11.2 Å². The van der Waals surface area contributed by atoms with Gasteiger partial charge in [0.25, 0.3) is 0 Å². The van der Waals surface area contributed by atoms with E-state index in [1.165, 1.54) is 24.3 Å². The monoisotopic (exact) mass is 283 g/mol. The van der Waals surface area contributed by atoms with Crippen LogP contribution in [0, 0.1) is 5.41 Å². The molecule has 0 aromatic rings. The molecule has 3 fully saturated rings. The molecule has 0 bridgehead atoms. The lowest BCUT2D eigenvalue weighted by Gasteiger charge is -2.38. The van der Waals surface area contributed by atoms with Crippen molar-refractivity contribution in [2.24, 2.45) is 5.41 Å². The summed E-state index contributed by atoms with van der Waals surface area (Å²) in [6.45, 7) is 10.8. The van der Waals surface area contributed by atoms with Gasteiger partial charge in [-0.05, 0) is 64.0 Å². The van der Waals surface area contributed by atoms with Crippen molar-refractivity contribution in [3.63, 3.8) is 0 Å². The fourth-order valence-corrected chi connectivity index (χ4v) is 4.89. The van der Waals surface area contributed by atoms with Crippen LogP contribution in [0.1, 0.15) is 40.5 Å². The topological polar surface area (TPSA) is 30.5 Å². The van der Waals surface area contributed by atoms with E-state index in [4.69, 9.17) is 9.31 Å². The zero-order chi connectivity index (χ0) is 13.7. The van der Waals surface area contributed by atoms with Crippen LogP contribution in [-0.2, 0) is 9.31 Å². The molecule has 3 heterocycles. The molecule has 108 valence electrons. The summed E-state index contributed by atoms with van der Waals surface area (Å²) >= 11 is 2.09. The number of hydrogen-bond donors (Lipinski definition) is 1. The molecule has 0 aromatic heterocycles. The van der Waals surface area contributed by atoms with Crippen LogP contribution in [0.4, 0.5) is 0 Å². The maximum absolute atomic E-state index is 6.31.